The predicted octanol–water partition coefficient (Wildman–Crippen LogP) is 5.61. The number of aryl methyl sites for hydroxylation is 2. The van der Waals surface area contributed by atoms with Gasteiger partial charge in [0.25, 0.3) is 5.91 Å². The standard InChI is InChI=1S/C24H25Cl2N5O2S/c1-5-11-31-22(16(4)27-23(33)18-10-9-17(25)12-19(18)26)29-30-24(31)34-13-20(32)28-21-14(2)7-6-8-15(21)3/h5-10,12,16H,1,11,13H2,2-4H3,(H,27,33)(H,28,32)/t16-/m0/s1. The van der Waals surface area contributed by atoms with Crippen LogP contribution in [0.15, 0.2) is 54.2 Å². The third-order valence-corrected chi connectivity index (χ3v) is 6.56. The van der Waals surface area contributed by atoms with Crippen LogP contribution < -0.4 is 10.6 Å². The molecule has 0 aliphatic rings. The zero-order valence-corrected chi connectivity index (χ0v) is 21.4. The Morgan fingerprint density at radius 2 is 1.88 bits per heavy atom. The molecule has 0 radical (unpaired) electrons. The molecule has 2 N–H and O–H groups in total. The molecule has 0 fully saturated rings. The van der Waals surface area contributed by atoms with Gasteiger partial charge in [0.05, 0.1) is 22.4 Å². The SMILES string of the molecule is C=CCn1c(SCC(=O)Nc2c(C)cccc2C)nnc1[C@H](C)NC(=O)c1ccc(Cl)cc1Cl. The maximum absolute atomic E-state index is 12.7. The second-order valence-corrected chi connectivity index (χ2v) is 9.45. The van der Waals surface area contributed by atoms with Crippen molar-refractivity contribution < 1.29 is 9.59 Å². The fourth-order valence-corrected chi connectivity index (χ4v) is 4.61. The minimum absolute atomic E-state index is 0.143. The van der Waals surface area contributed by atoms with Gasteiger partial charge in [-0.05, 0) is 50.1 Å². The minimum Gasteiger partial charge on any atom is -0.342 e. The van der Waals surface area contributed by atoms with Crippen LogP contribution in [0.25, 0.3) is 0 Å². The number of benzene rings is 2. The highest BCUT2D eigenvalue weighted by Crippen LogP contribution is 2.25. The van der Waals surface area contributed by atoms with Crippen LogP contribution in [0.4, 0.5) is 5.69 Å². The summed E-state index contributed by atoms with van der Waals surface area (Å²) in [5.41, 5.74) is 3.13. The number of thioether (sulfide) groups is 1. The highest BCUT2D eigenvalue weighted by atomic mass is 35.5. The first-order valence-corrected chi connectivity index (χ1v) is 12.2. The van der Waals surface area contributed by atoms with E-state index in [-0.39, 0.29) is 22.6 Å². The molecular weight excluding hydrogens is 493 g/mol. The lowest BCUT2D eigenvalue weighted by molar-refractivity contribution is -0.113. The molecule has 0 saturated heterocycles. The summed E-state index contributed by atoms with van der Waals surface area (Å²) in [7, 11) is 0. The minimum atomic E-state index is -0.468. The van der Waals surface area contributed by atoms with Gasteiger partial charge in [0.2, 0.25) is 5.91 Å². The Kier molecular flexibility index (Phi) is 8.77. The molecule has 178 valence electrons. The van der Waals surface area contributed by atoms with E-state index in [1.165, 1.54) is 17.8 Å². The van der Waals surface area contributed by atoms with Crippen molar-refractivity contribution in [3.05, 3.63) is 81.6 Å². The molecule has 0 spiro atoms. The molecule has 1 heterocycles. The summed E-state index contributed by atoms with van der Waals surface area (Å²) in [5, 5.41) is 15.6. The number of allylic oxidation sites excluding steroid dienone is 1. The number of carbonyl (C=O) groups is 2. The van der Waals surface area contributed by atoms with Gasteiger partial charge in [-0.1, -0.05) is 59.2 Å². The summed E-state index contributed by atoms with van der Waals surface area (Å²) in [6, 6.07) is 10.1. The second-order valence-electron chi connectivity index (χ2n) is 7.66. The molecule has 0 aliphatic heterocycles. The number of nitrogens with zero attached hydrogens (tertiary/aromatic N) is 3. The molecule has 3 aromatic rings. The summed E-state index contributed by atoms with van der Waals surface area (Å²) >= 11 is 13.3. The van der Waals surface area contributed by atoms with Gasteiger partial charge >= 0.3 is 0 Å². The zero-order valence-electron chi connectivity index (χ0n) is 19.1. The molecule has 2 amide bonds. The lowest BCUT2D eigenvalue weighted by Crippen LogP contribution is -2.29. The average Bonchev–Trinajstić information content (AvgIpc) is 3.18. The first kappa shape index (κ1) is 25.8. The van der Waals surface area contributed by atoms with Crippen LogP contribution in [0.3, 0.4) is 0 Å². The number of halogens is 2. The smallest absolute Gasteiger partial charge is 0.253 e. The number of anilines is 1. The number of rotatable bonds is 9. The van der Waals surface area contributed by atoms with Crippen molar-refractivity contribution in [1.82, 2.24) is 20.1 Å². The Hall–Kier alpha value is -2.81. The Bertz CT molecular complexity index is 1210. The van der Waals surface area contributed by atoms with E-state index in [4.69, 9.17) is 23.2 Å². The first-order chi connectivity index (χ1) is 16.2. The van der Waals surface area contributed by atoms with E-state index in [1.807, 2.05) is 36.6 Å². The van der Waals surface area contributed by atoms with Crippen LogP contribution >= 0.6 is 35.0 Å². The highest BCUT2D eigenvalue weighted by molar-refractivity contribution is 7.99. The van der Waals surface area contributed by atoms with Crippen LogP contribution in [0.2, 0.25) is 10.0 Å². The van der Waals surface area contributed by atoms with E-state index in [9.17, 15) is 9.59 Å². The molecular formula is C24H25Cl2N5O2S. The molecule has 2 aromatic carbocycles. The summed E-state index contributed by atoms with van der Waals surface area (Å²) in [5.74, 6) is 0.195. The van der Waals surface area contributed by atoms with Gasteiger partial charge in [-0.2, -0.15) is 0 Å². The average molecular weight is 518 g/mol. The predicted molar refractivity (Wildman–Crippen MR) is 138 cm³/mol. The molecule has 7 nitrogen and oxygen atoms in total. The van der Waals surface area contributed by atoms with E-state index < -0.39 is 6.04 Å². The number of para-hydroxylation sites is 1. The number of aromatic nitrogens is 3. The Morgan fingerprint density at radius 1 is 1.18 bits per heavy atom. The summed E-state index contributed by atoms with van der Waals surface area (Å²) in [6.07, 6.45) is 1.71. The van der Waals surface area contributed by atoms with Gasteiger partial charge in [0, 0.05) is 17.3 Å². The molecule has 0 aliphatic carbocycles. The maximum Gasteiger partial charge on any atom is 0.253 e. The van der Waals surface area contributed by atoms with Gasteiger partial charge in [0.1, 0.15) is 0 Å². The largest absolute Gasteiger partial charge is 0.342 e. The Labute approximate surface area is 212 Å². The van der Waals surface area contributed by atoms with E-state index >= 15 is 0 Å². The maximum atomic E-state index is 12.7. The molecule has 34 heavy (non-hydrogen) atoms. The lowest BCUT2D eigenvalue weighted by Gasteiger charge is -2.16. The fraction of sp³-hybridized carbons (Fsp3) is 0.250. The monoisotopic (exact) mass is 517 g/mol. The topological polar surface area (TPSA) is 88.9 Å². The van der Waals surface area contributed by atoms with E-state index in [0.717, 1.165) is 16.8 Å². The molecule has 0 saturated carbocycles. The van der Waals surface area contributed by atoms with Gasteiger partial charge in [-0.25, -0.2) is 0 Å². The molecule has 0 unspecified atom stereocenters. The second kappa shape index (κ2) is 11.6. The van der Waals surface area contributed by atoms with E-state index in [1.54, 1.807) is 25.1 Å². The van der Waals surface area contributed by atoms with Gasteiger partial charge in [-0.3, -0.25) is 9.59 Å². The fourth-order valence-electron chi connectivity index (χ4n) is 3.36. The van der Waals surface area contributed by atoms with Crippen molar-refractivity contribution in [3.63, 3.8) is 0 Å². The summed E-state index contributed by atoms with van der Waals surface area (Å²) in [4.78, 5) is 25.3. The van der Waals surface area contributed by atoms with Crippen molar-refractivity contribution in [2.24, 2.45) is 0 Å². The van der Waals surface area contributed by atoms with Crippen molar-refractivity contribution in [1.29, 1.82) is 0 Å². The number of nitrogens with one attached hydrogen (secondary N) is 2. The number of amides is 2. The molecule has 0 bridgehead atoms. The molecule has 1 aromatic heterocycles. The van der Waals surface area contributed by atoms with Crippen LogP contribution in [0, 0.1) is 13.8 Å². The van der Waals surface area contributed by atoms with Crippen molar-refractivity contribution >= 4 is 52.5 Å². The van der Waals surface area contributed by atoms with Crippen LogP contribution in [-0.2, 0) is 11.3 Å². The third kappa shape index (κ3) is 6.20. The van der Waals surface area contributed by atoms with Crippen LogP contribution in [0.1, 0.15) is 40.3 Å². The Morgan fingerprint density at radius 3 is 2.53 bits per heavy atom. The molecule has 10 heteroatoms. The Balaban J connectivity index is 1.70. The van der Waals surface area contributed by atoms with Gasteiger partial charge in [-0.15, -0.1) is 16.8 Å². The van der Waals surface area contributed by atoms with Crippen LogP contribution in [0.5, 0.6) is 0 Å². The number of hydrogen-bond acceptors (Lipinski definition) is 5. The number of carbonyl (C=O) groups excluding carboxylic acids is 2. The van der Waals surface area contributed by atoms with Crippen LogP contribution in [-0.4, -0.2) is 32.3 Å². The van der Waals surface area contributed by atoms with Gasteiger partial charge < -0.3 is 15.2 Å². The van der Waals surface area contributed by atoms with Crippen molar-refractivity contribution in [3.8, 4) is 0 Å². The first-order valence-electron chi connectivity index (χ1n) is 10.5. The summed E-state index contributed by atoms with van der Waals surface area (Å²) in [6.45, 7) is 9.92. The highest BCUT2D eigenvalue weighted by Gasteiger charge is 2.21. The number of hydrogen-bond donors (Lipinski definition) is 2. The quantitative estimate of drug-likeness (QED) is 0.284. The lowest BCUT2D eigenvalue weighted by atomic mass is 10.1. The normalized spacial score (nSPS) is 11.7. The summed E-state index contributed by atoms with van der Waals surface area (Å²) < 4.78 is 1.82. The van der Waals surface area contributed by atoms with E-state index in [0.29, 0.717) is 28.1 Å². The van der Waals surface area contributed by atoms with Crippen molar-refractivity contribution in [2.45, 2.75) is 38.5 Å². The molecule has 3 rings (SSSR count). The zero-order chi connectivity index (χ0) is 24.8. The van der Waals surface area contributed by atoms with E-state index in [2.05, 4.69) is 27.4 Å². The van der Waals surface area contributed by atoms with Gasteiger partial charge in [0.15, 0.2) is 11.0 Å². The third-order valence-electron chi connectivity index (χ3n) is 5.05. The van der Waals surface area contributed by atoms with Crippen molar-refractivity contribution in [2.75, 3.05) is 11.1 Å². The molecule has 1 atom stereocenters.